The third kappa shape index (κ3) is 1.53. The molecule has 2 aromatic rings. The number of oxazole rings is 1. The van der Waals surface area contributed by atoms with E-state index in [4.69, 9.17) is 4.42 Å². The van der Waals surface area contributed by atoms with Gasteiger partial charge in [0, 0.05) is 18.8 Å². The molecule has 0 unspecified atom stereocenters. The van der Waals surface area contributed by atoms with Crippen LogP contribution in [0.15, 0.2) is 27.5 Å². The predicted octanol–water partition coefficient (Wildman–Crippen LogP) is 0.741. The highest BCUT2D eigenvalue weighted by Gasteiger charge is 2.18. The molecule has 0 amide bonds. The molecule has 16 heavy (non-hydrogen) atoms. The predicted molar refractivity (Wildman–Crippen MR) is 59.3 cm³/mol. The van der Waals surface area contributed by atoms with Crippen LogP contribution in [0.5, 0.6) is 0 Å². The number of pyridine rings is 1. The van der Waals surface area contributed by atoms with Crippen LogP contribution in [0, 0.1) is 0 Å². The van der Waals surface area contributed by atoms with Crippen LogP contribution in [0.25, 0.3) is 11.2 Å². The first-order chi connectivity index (χ1) is 7.84. The van der Waals surface area contributed by atoms with E-state index in [1.807, 2.05) is 0 Å². The summed E-state index contributed by atoms with van der Waals surface area (Å²) >= 11 is 0. The second-order valence-electron chi connectivity index (χ2n) is 4.10. The number of nitrogens with zero attached hydrogens (tertiary/aromatic N) is 2. The van der Waals surface area contributed by atoms with Crippen LogP contribution < -0.4 is 11.1 Å². The van der Waals surface area contributed by atoms with E-state index >= 15 is 0 Å². The molecular weight excluding hydrogens is 206 g/mol. The van der Waals surface area contributed by atoms with Crippen molar-refractivity contribution in [3.63, 3.8) is 0 Å². The minimum absolute atomic E-state index is 0.317. The highest BCUT2D eigenvalue weighted by molar-refractivity contribution is 5.67. The summed E-state index contributed by atoms with van der Waals surface area (Å²) in [6.07, 6.45) is 3.95. The lowest BCUT2D eigenvalue weighted by Crippen LogP contribution is -2.30. The van der Waals surface area contributed by atoms with Crippen LogP contribution >= 0.6 is 0 Å². The Morgan fingerprint density at radius 1 is 1.62 bits per heavy atom. The van der Waals surface area contributed by atoms with Gasteiger partial charge in [-0.25, -0.2) is 9.78 Å². The van der Waals surface area contributed by atoms with Crippen LogP contribution in [0.2, 0.25) is 0 Å². The first-order valence-corrected chi connectivity index (χ1v) is 5.52. The molecule has 1 saturated heterocycles. The van der Waals surface area contributed by atoms with E-state index in [0.29, 0.717) is 23.8 Å². The molecule has 0 aliphatic carbocycles. The normalized spacial score (nSPS) is 20.6. The van der Waals surface area contributed by atoms with Crippen LogP contribution in [0.4, 0.5) is 0 Å². The average molecular weight is 219 g/mol. The number of hydrogen-bond acceptors (Lipinski definition) is 4. The Morgan fingerprint density at radius 2 is 2.56 bits per heavy atom. The molecule has 0 saturated carbocycles. The third-order valence-electron chi connectivity index (χ3n) is 2.99. The second-order valence-corrected chi connectivity index (χ2v) is 4.10. The van der Waals surface area contributed by atoms with Crippen molar-refractivity contribution in [1.82, 2.24) is 14.9 Å². The molecule has 0 aromatic carbocycles. The summed E-state index contributed by atoms with van der Waals surface area (Å²) in [6.45, 7) is 1.67. The van der Waals surface area contributed by atoms with Crippen molar-refractivity contribution in [2.45, 2.75) is 25.4 Å². The number of hydrogen-bond donors (Lipinski definition) is 1. The zero-order chi connectivity index (χ0) is 11.0. The van der Waals surface area contributed by atoms with Crippen LogP contribution in [0.3, 0.4) is 0 Å². The molecule has 1 atom stereocenters. The number of aromatic nitrogens is 2. The van der Waals surface area contributed by atoms with Crippen molar-refractivity contribution in [2.75, 3.05) is 6.54 Å². The van der Waals surface area contributed by atoms with Gasteiger partial charge < -0.3 is 9.73 Å². The van der Waals surface area contributed by atoms with E-state index in [0.717, 1.165) is 13.0 Å². The van der Waals surface area contributed by atoms with Gasteiger partial charge in [-0.05, 0) is 31.5 Å². The average Bonchev–Trinajstić information content (AvgIpc) is 2.89. The van der Waals surface area contributed by atoms with Crippen molar-refractivity contribution < 1.29 is 4.42 Å². The Hall–Kier alpha value is -1.62. The van der Waals surface area contributed by atoms with Gasteiger partial charge in [-0.1, -0.05) is 0 Å². The van der Waals surface area contributed by atoms with E-state index in [1.165, 1.54) is 6.42 Å². The van der Waals surface area contributed by atoms with Gasteiger partial charge >= 0.3 is 5.76 Å². The summed E-state index contributed by atoms with van der Waals surface area (Å²) in [5, 5.41) is 3.36. The number of rotatable bonds is 2. The SMILES string of the molecule is O=c1oc2cccnc2n1C[C@H]1CCCN1. The maximum Gasteiger partial charge on any atom is 0.421 e. The molecule has 0 radical (unpaired) electrons. The molecule has 84 valence electrons. The lowest BCUT2D eigenvalue weighted by atomic mass is 10.2. The van der Waals surface area contributed by atoms with Crippen molar-refractivity contribution in [3.8, 4) is 0 Å². The van der Waals surface area contributed by atoms with Crippen molar-refractivity contribution in [2.24, 2.45) is 0 Å². The molecule has 1 aliphatic rings. The van der Waals surface area contributed by atoms with E-state index in [2.05, 4.69) is 10.3 Å². The highest BCUT2D eigenvalue weighted by Crippen LogP contribution is 2.12. The number of nitrogens with one attached hydrogen (secondary N) is 1. The minimum Gasteiger partial charge on any atom is -0.406 e. The third-order valence-corrected chi connectivity index (χ3v) is 2.99. The van der Waals surface area contributed by atoms with E-state index < -0.39 is 0 Å². The van der Waals surface area contributed by atoms with Crippen molar-refractivity contribution in [3.05, 3.63) is 28.9 Å². The fourth-order valence-corrected chi connectivity index (χ4v) is 2.19. The lowest BCUT2D eigenvalue weighted by Gasteiger charge is -2.09. The molecule has 5 heteroatoms. The van der Waals surface area contributed by atoms with Crippen LogP contribution in [-0.2, 0) is 6.54 Å². The van der Waals surface area contributed by atoms with Crippen LogP contribution in [0.1, 0.15) is 12.8 Å². The summed E-state index contributed by atoms with van der Waals surface area (Å²) in [5.41, 5.74) is 1.20. The van der Waals surface area contributed by atoms with Gasteiger partial charge in [-0.3, -0.25) is 4.57 Å². The van der Waals surface area contributed by atoms with Gasteiger partial charge in [-0.2, -0.15) is 0 Å². The first kappa shape index (κ1) is 9.59. The van der Waals surface area contributed by atoms with Gasteiger partial charge in [0.25, 0.3) is 0 Å². The molecule has 3 heterocycles. The minimum atomic E-state index is -0.317. The summed E-state index contributed by atoms with van der Waals surface area (Å²) in [6, 6.07) is 3.90. The maximum atomic E-state index is 11.7. The fourth-order valence-electron chi connectivity index (χ4n) is 2.19. The Labute approximate surface area is 92.1 Å². The second kappa shape index (κ2) is 3.75. The maximum absolute atomic E-state index is 11.7. The molecule has 3 rings (SSSR count). The highest BCUT2D eigenvalue weighted by atomic mass is 16.4. The largest absolute Gasteiger partial charge is 0.421 e. The number of fused-ring (bicyclic) bond motifs is 1. The van der Waals surface area contributed by atoms with Gasteiger partial charge in [0.2, 0.25) is 0 Å². The molecule has 5 nitrogen and oxygen atoms in total. The summed E-state index contributed by atoms with van der Waals surface area (Å²) in [7, 11) is 0. The van der Waals surface area contributed by atoms with Crippen molar-refractivity contribution >= 4 is 11.2 Å². The van der Waals surface area contributed by atoms with Gasteiger partial charge in [0.15, 0.2) is 11.2 Å². The molecule has 2 aromatic heterocycles. The Bertz CT molecular complexity index is 552. The molecule has 1 aliphatic heterocycles. The van der Waals surface area contributed by atoms with E-state index in [1.54, 1.807) is 22.9 Å². The standard InChI is InChI=1S/C11H13N3O2/c15-11-14(7-8-3-1-5-12-8)10-9(16-11)4-2-6-13-10/h2,4,6,8,12H,1,3,5,7H2/t8-/m1/s1. The molecule has 0 spiro atoms. The Morgan fingerprint density at radius 3 is 3.38 bits per heavy atom. The summed E-state index contributed by atoms with van der Waals surface area (Å²) < 4.78 is 6.74. The van der Waals surface area contributed by atoms with E-state index in [9.17, 15) is 4.79 Å². The summed E-state index contributed by atoms with van der Waals surface area (Å²) in [5.74, 6) is -0.317. The quantitative estimate of drug-likeness (QED) is 0.809. The molecule has 1 N–H and O–H groups in total. The lowest BCUT2D eigenvalue weighted by molar-refractivity contribution is 0.455. The zero-order valence-corrected chi connectivity index (χ0v) is 8.85. The van der Waals surface area contributed by atoms with Crippen LogP contribution in [-0.4, -0.2) is 22.1 Å². The Balaban J connectivity index is 2.01. The van der Waals surface area contributed by atoms with Gasteiger partial charge in [0.1, 0.15) is 0 Å². The summed E-state index contributed by atoms with van der Waals surface area (Å²) in [4.78, 5) is 15.8. The smallest absolute Gasteiger partial charge is 0.406 e. The van der Waals surface area contributed by atoms with Crippen molar-refractivity contribution in [1.29, 1.82) is 0 Å². The molecule has 0 bridgehead atoms. The first-order valence-electron chi connectivity index (χ1n) is 5.52. The zero-order valence-electron chi connectivity index (χ0n) is 8.85. The Kier molecular flexibility index (Phi) is 2.25. The molecule has 1 fully saturated rings. The van der Waals surface area contributed by atoms with Gasteiger partial charge in [0.05, 0.1) is 0 Å². The molecular formula is C11H13N3O2. The topological polar surface area (TPSA) is 60.1 Å². The van der Waals surface area contributed by atoms with E-state index in [-0.39, 0.29) is 5.76 Å². The monoisotopic (exact) mass is 219 g/mol. The fraction of sp³-hybridized carbons (Fsp3) is 0.455. The van der Waals surface area contributed by atoms with Gasteiger partial charge in [-0.15, -0.1) is 0 Å².